The molecule has 3 heterocycles. The van der Waals surface area contributed by atoms with Crippen LogP contribution in [-0.2, 0) is 6.54 Å². The lowest BCUT2D eigenvalue weighted by Gasteiger charge is -2.31. The minimum Gasteiger partial charge on any atom is -0.396 e. The van der Waals surface area contributed by atoms with Crippen molar-refractivity contribution in [2.24, 2.45) is 5.92 Å². The fourth-order valence-electron chi connectivity index (χ4n) is 2.90. The molecule has 1 unspecified atom stereocenters. The predicted octanol–water partition coefficient (Wildman–Crippen LogP) is 1.85. The Hall–Kier alpha value is -1.39. The van der Waals surface area contributed by atoms with Gasteiger partial charge in [0.25, 0.3) is 0 Å². The molecular weight excluding hydrogens is 238 g/mol. The smallest absolute Gasteiger partial charge is 0.137 e. The average Bonchev–Trinajstić information content (AvgIpc) is 2.80. The number of rotatable bonds is 3. The zero-order valence-corrected chi connectivity index (χ0v) is 11.4. The van der Waals surface area contributed by atoms with Crippen molar-refractivity contribution in [2.75, 3.05) is 19.7 Å². The summed E-state index contributed by atoms with van der Waals surface area (Å²) < 4.78 is 2.10. The quantitative estimate of drug-likeness (QED) is 0.914. The summed E-state index contributed by atoms with van der Waals surface area (Å²) >= 11 is 0. The Labute approximate surface area is 113 Å². The van der Waals surface area contributed by atoms with E-state index in [1.54, 1.807) is 0 Å². The summed E-state index contributed by atoms with van der Waals surface area (Å²) in [4.78, 5) is 7.06. The minimum absolute atomic E-state index is 0.306. The largest absolute Gasteiger partial charge is 0.396 e. The second kappa shape index (κ2) is 5.31. The van der Waals surface area contributed by atoms with E-state index in [2.05, 4.69) is 45.7 Å². The van der Waals surface area contributed by atoms with E-state index in [4.69, 9.17) is 0 Å². The van der Waals surface area contributed by atoms with Gasteiger partial charge in [0.15, 0.2) is 0 Å². The van der Waals surface area contributed by atoms with Crippen LogP contribution in [0, 0.1) is 12.8 Å². The zero-order valence-electron chi connectivity index (χ0n) is 11.4. The number of hydrogen-bond donors (Lipinski definition) is 1. The summed E-state index contributed by atoms with van der Waals surface area (Å²) in [5.74, 6) is 0.438. The number of nitrogens with zero attached hydrogens (tertiary/aromatic N) is 3. The SMILES string of the molecule is Cc1ccc2nc(CN3CCCC(CO)C3)cn2c1. The molecule has 0 bridgehead atoms. The van der Waals surface area contributed by atoms with E-state index in [-0.39, 0.29) is 0 Å². The number of aliphatic hydroxyl groups excluding tert-OH is 1. The summed E-state index contributed by atoms with van der Waals surface area (Å²) in [5.41, 5.74) is 3.37. The lowest BCUT2D eigenvalue weighted by atomic mass is 9.99. The molecule has 102 valence electrons. The molecule has 0 saturated carbocycles. The summed E-state index contributed by atoms with van der Waals surface area (Å²) in [7, 11) is 0. The summed E-state index contributed by atoms with van der Waals surface area (Å²) in [5, 5.41) is 9.27. The van der Waals surface area contributed by atoms with Crippen LogP contribution in [0.2, 0.25) is 0 Å². The topological polar surface area (TPSA) is 40.8 Å². The highest BCUT2D eigenvalue weighted by atomic mass is 16.3. The van der Waals surface area contributed by atoms with Crippen molar-refractivity contribution in [3.63, 3.8) is 0 Å². The second-order valence-electron chi connectivity index (χ2n) is 5.63. The Morgan fingerprint density at radius 1 is 1.37 bits per heavy atom. The van der Waals surface area contributed by atoms with Gasteiger partial charge in [-0.05, 0) is 43.9 Å². The van der Waals surface area contributed by atoms with Gasteiger partial charge in [-0.3, -0.25) is 4.90 Å². The summed E-state index contributed by atoms with van der Waals surface area (Å²) in [6, 6.07) is 4.15. The van der Waals surface area contributed by atoms with Gasteiger partial charge < -0.3 is 9.51 Å². The molecule has 0 amide bonds. The van der Waals surface area contributed by atoms with Crippen molar-refractivity contribution in [2.45, 2.75) is 26.3 Å². The third kappa shape index (κ3) is 2.80. The first-order valence-electron chi connectivity index (χ1n) is 7.02. The molecule has 1 N–H and O–H groups in total. The van der Waals surface area contributed by atoms with Crippen LogP contribution in [-0.4, -0.2) is 39.1 Å². The first-order chi connectivity index (χ1) is 9.24. The molecule has 0 radical (unpaired) electrons. The maximum atomic E-state index is 9.27. The van der Waals surface area contributed by atoms with Crippen LogP contribution in [0.1, 0.15) is 24.1 Å². The van der Waals surface area contributed by atoms with Gasteiger partial charge >= 0.3 is 0 Å². The van der Waals surface area contributed by atoms with Crippen molar-refractivity contribution in [1.82, 2.24) is 14.3 Å². The number of piperidine rings is 1. The molecular formula is C15H21N3O. The van der Waals surface area contributed by atoms with Crippen molar-refractivity contribution < 1.29 is 5.11 Å². The summed E-state index contributed by atoms with van der Waals surface area (Å²) in [6.07, 6.45) is 6.55. The van der Waals surface area contributed by atoms with Gasteiger partial charge in [0, 0.05) is 32.1 Å². The molecule has 0 aliphatic carbocycles. The van der Waals surface area contributed by atoms with Gasteiger partial charge in [-0.2, -0.15) is 0 Å². The predicted molar refractivity (Wildman–Crippen MR) is 75.0 cm³/mol. The number of fused-ring (bicyclic) bond motifs is 1. The van der Waals surface area contributed by atoms with E-state index in [0.29, 0.717) is 12.5 Å². The monoisotopic (exact) mass is 259 g/mol. The molecule has 19 heavy (non-hydrogen) atoms. The molecule has 1 aliphatic rings. The van der Waals surface area contributed by atoms with Crippen LogP contribution < -0.4 is 0 Å². The number of pyridine rings is 1. The van der Waals surface area contributed by atoms with E-state index < -0.39 is 0 Å². The van der Waals surface area contributed by atoms with Crippen LogP contribution in [0.3, 0.4) is 0 Å². The van der Waals surface area contributed by atoms with Gasteiger partial charge in [0.1, 0.15) is 5.65 Å². The minimum atomic E-state index is 0.306. The summed E-state index contributed by atoms with van der Waals surface area (Å²) in [6.45, 7) is 5.39. The van der Waals surface area contributed by atoms with Crippen LogP contribution in [0.25, 0.3) is 5.65 Å². The molecule has 1 saturated heterocycles. The highest BCUT2D eigenvalue weighted by Gasteiger charge is 2.19. The highest BCUT2D eigenvalue weighted by Crippen LogP contribution is 2.18. The van der Waals surface area contributed by atoms with Gasteiger partial charge in [-0.1, -0.05) is 6.07 Å². The molecule has 1 aliphatic heterocycles. The molecule has 0 spiro atoms. The van der Waals surface area contributed by atoms with E-state index in [1.807, 2.05) is 0 Å². The number of hydrogen-bond acceptors (Lipinski definition) is 3. The van der Waals surface area contributed by atoms with E-state index in [9.17, 15) is 5.11 Å². The molecule has 0 aromatic carbocycles. The third-order valence-corrected chi connectivity index (χ3v) is 3.90. The first kappa shape index (κ1) is 12.6. The zero-order chi connectivity index (χ0) is 13.2. The average molecular weight is 259 g/mol. The first-order valence-corrected chi connectivity index (χ1v) is 7.02. The maximum absolute atomic E-state index is 9.27. The maximum Gasteiger partial charge on any atom is 0.137 e. The second-order valence-corrected chi connectivity index (χ2v) is 5.63. The molecule has 4 heteroatoms. The Bertz CT molecular complexity index is 564. The Balaban J connectivity index is 1.74. The molecule has 2 aromatic heterocycles. The van der Waals surface area contributed by atoms with Crippen molar-refractivity contribution in [3.8, 4) is 0 Å². The molecule has 1 fully saturated rings. The molecule has 2 aromatic rings. The lowest BCUT2D eigenvalue weighted by molar-refractivity contribution is 0.115. The van der Waals surface area contributed by atoms with Crippen molar-refractivity contribution in [1.29, 1.82) is 0 Å². The molecule has 4 nitrogen and oxygen atoms in total. The van der Waals surface area contributed by atoms with Gasteiger partial charge in [0.2, 0.25) is 0 Å². The lowest BCUT2D eigenvalue weighted by Crippen LogP contribution is -2.36. The van der Waals surface area contributed by atoms with Crippen LogP contribution in [0.15, 0.2) is 24.5 Å². The van der Waals surface area contributed by atoms with E-state index in [1.165, 1.54) is 12.0 Å². The number of aromatic nitrogens is 2. The van der Waals surface area contributed by atoms with Crippen LogP contribution in [0.5, 0.6) is 0 Å². The normalized spacial score (nSPS) is 21.1. The highest BCUT2D eigenvalue weighted by molar-refractivity contribution is 5.41. The number of aryl methyl sites for hydroxylation is 1. The van der Waals surface area contributed by atoms with Gasteiger partial charge in [-0.15, -0.1) is 0 Å². The fourth-order valence-corrected chi connectivity index (χ4v) is 2.90. The van der Waals surface area contributed by atoms with Crippen LogP contribution in [0.4, 0.5) is 0 Å². The van der Waals surface area contributed by atoms with Gasteiger partial charge in [-0.25, -0.2) is 4.98 Å². The van der Waals surface area contributed by atoms with Gasteiger partial charge in [0.05, 0.1) is 5.69 Å². The van der Waals surface area contributed by atoms with Crippen molar-refractivity contribution >= 4 is 5.65 Å². The van der Waals surface area contributed by atoms with E-state index >= 15 is 0 Å². The Morgan fingerprint density at radius 2 is 2.26 bits per heavy atom. The Kier molecular flexibility index (Phi) is 3.53. The Morgan fingerprint density at radius 3 is 3.11 bits per heavy atom. The third-order valence-electron chi connectivity index (χ3n) is 3.90. The number of aliphatic hydroxyl groups is 1. The standard InChI is InChI=1S/C15H21N3O/c1-12-4-5-15-16-14(10-18(15)7-12)9-17-6-2-3-13(8-17)11-19/h4-5,7,10,13,19H,2-3,6,8-9,11H2,1H3. The number of imidazole rings is 1. The van der Waals surface area contributed by atoms with E-state index in [0.717, 1.165) is 37.4 Å². The number of likely N-dealkylation sites (tertiary alicyclic amines) is 1. The molecule has 3 rings (SSSR count). The fraction of sp³-hybridized carbons (Fsp3) is 0.533. The van der Waals surface area contributed by atoms with Crippen LogP contribution >= 0.6 is 0 Å². The van der Waals surface area contributed by atoms with Crippen molar-refractivity contribution in [3.05, 3.63) is 35.8 Å². The molecule has 1 atom stereocenters.